The predicted molar refractivity (Wildman–Crippen MR) is 44.7 cm³/mol. The average molecular weight is 183 g/mol. The molecular weight excluding hydrogens is 170 g/mol. The summed E-state index contributed by atoms with van der Waals surface area (Å²) in [6, 6.07) is 0. The van der Waals surface area contributed by atoms with E-state index in [1.54, 1.807) is 0 Å². The molecule has 0 saturated heterocycles. The second kappa shape index (κ2) is 3.85. The van der Waals surface area contributed by atoms with Gasteiger partial charge in [0, 0.05) is 0 Å². The zero-order valence-corrected chi connectivity index (χ0v) is 7.35. The van der Waals surface area contributed by atoms with Crippen LogP contribution in [0.3, 0.4) is 0 Å². The van der Waals surface area contributed by atoms with E-state index in [9.17, 15) is 0 Å². The minimum Gasteiger partial charge on any atom is -0.370 e. The number of hydrogen-bond donors (Lipinski definition) is 1. The topological polar surface area (TPSA) is 74.2 Å². The van der Waals surface area contributed by atoms with E-state index in [4.69, 9.17) is 10.5 Å². The third kappa shape index (κ3) is 2.05. The Morgan fingerprint density at radius 2 is 2.46 bits per heavy atom. The molecule has 0 atom stereocenters. The first kappa shape index (κ1) is 8.65. The molecule has 1 aliphatic carbocycles. The van der Waals surface area contributed by atoms with E-state index in [2.05, 4.69) is 14.7 Å². The van der Waals surface area contributed by atoms with Gasteiger partial charge in [0.15, 0.2) is 5.82 Å². The first-order valence-corrected chi connectivity index (χ1v) is 4.45. The normalized spacial score (nSPS) is 27.2. The van der Waals surface area contributed by atoms with Crippen LogP contribution in [-0.2, 0) is 11.3 Å². The van der Waals surface area contributed by atoms with Crippen LogP contribution in [0, 0.1) is 5.92 Å². The molecule has 0 aromatic carbocycles. The minimum absolute atomic E-state index is 0.340. The van der Waals surface area contributed by atoms with Crippen molar-refractivity contribution in [2.24, 2.45) is 11.7 Å². The third-order valence-electron chi connectivity index (χ3n) is 2.38. The van der Waals surface area contributed by atoms with Crippen molar-refractivity contribution < 1.29 is 9.26 Å². The fourth-order valence-electron chi connectivity index (χ4n) is 1.45. The van der Waals surface area contributed by atoms with Crippen molar-refractivity contribution in [1.29, 1.82) is 0 Å². The van der Waals surface area contributed by atoms with Gasteiger partial charge in [-0.25, -0.2) is 0 Å². The van der Waals surface area contributed by atoms with E-state index in [1.807, 2.05) is 0 Å². The molecule has 0 bridgehead atoms. The zero-order valence-electron chi connectivity index (χ0n) is 7.35. The summed E-state index contributed by atoms with van der Waals surface area (Å²) in [4.78, 5) is 3.86. The summed E-state index contributed by atoms with van der Waals surface area (Å²) in [5, 5.41) is 3.65. The molecule has 0 unspecified atom stereocenters. The number of ether oxygens (including phenoxy) is 1. The highest BCUT2D eigenvalue weighted by Gasteiger charge is 2.28. The number of nitrogens with zero attached hydrogens (tertiary/aromatic N) is 2. The van der Waals surface area contributed by atoms with Gasteiger partial charge in [-0.1, -0.05) is 5.16 Å². The van der Waals surface area contributed by atoms with Gasteiger partial charge in [0.2, 0.25) is 6.39 Å². The Morgan fingerprint density at radius 3 is 3.08 bits per heavy atom. The van der Waals surface area contributed by atoms with Gasteiger partial charge in [-0.05, 0) is 25.3 Å². The number of hydrogen-bond acceptors (Lipinski definition) is 5. The molecule has 1 aromatic heterocycles. The van der Waals surface area contributed by atoms with Crippen LogP contribution in [0.5, 0.6) is 0 Å². The third-order valence-corrected chi connectivity index (χ3v) is 2.38. The van der Waals surface area contributed by atoms with Crippen LogP contribution in [0.4, 0.5) is 0 Å². The van der Waals surface area contributed by atoms with Crippen LogP contribution in [0.25, 0.3) is 0 Å². The van der Waals surface area contributed by atoms with E-state index in [1.165, 1.54) is 6.39 Å². The molecule has 1 saturated carbocycles. The maximum Gasteiger partial charge on any atom is 0.213 e. The van der Waals surface area contributed by atoms with E-state index in [-0.39, 0.29) is 0 Å². The van der Waals surface area contributed by atoms with Crippen LogP contribution in [0.1, 0.15) is 18.7 Å². The summed E-state index contributed by atoms with van der Waals surface area (Å²) in [5.74, 6) is 1.26. The van der Waals surface area contributed by atoms with Gasteiger partial charge >= 0.3 is 0 Å². The fraction of sp³-hybridized carbons (Fsp3) is 0.750. The summed E-state index contributed by atoms with van der Waals surface area (Å²) in [5.41, 5.74) is 5.49. The van der Waals surface area contributed by atoms with Gasteiger partial charge < -0.3 is 15.0 Å². The van der Waals surface area contributed by atoms with Gasteiger partial charge in [0.05, 0.1) is 6.10 Å². The Kier molecular flexibility index (Phi) is 2.56. The van der Waals surface area contributed by atoms with E-state index >= 15 is 0 Å². The Hall–Kier alpha value is -0.940. The lowest BCUT2D eigenvalue weighted by molar-refractivity contribution is -0.0405. The molecule has 5 heteroatoms. The van der Waals surface area contributed by atoms with E-state index in [0.29, 0.717) is 24.5 Å². The Bertz CT molecular complexity index is 244. The standard InChI is InChI=1S/C8H13N3O2/c9-3-6-1-7(2-6)12-4-8-10-5-13-11-8/h5-7H,1-4,9H2. The first-order chi connectivity index (χ1) is 6.38. The molecule has 2 N–H and O–H groups in total. The van der Waals surface area contributed by atoms with Crippen molar-refractivity contribution in [2.45, 2.75) is 25.6 Å². The van der Waals surface area contributed by atoms with Crippen molar-refractivity contribution in [2.75, 3.05) is 6.54 Å². The summed E-state index contributed by atoms with van der Waals surface area (Å²) >= 11 is 0. The monoisotopic (exact) mass is 183 g/mol. The highest BCUT2D eigenvalue weighted by atomic mass is 16.5. The van der Waals surface area contributed by atoms with Gasteiger partial charge in [-0.15, -0.1) is 0 Å². The molecule has 0 aliphatic heterocycles. The quantitative estimate of drug-likeness (QED) is 0.727. The van der Waals surface area contributed by atoms with Gasteiger partial charge in [0.1, 0.15) is 6.61 Å². The molecule has 72 valence electrons. The number of nitrogens with two attached hydrogens (primary N) is 1. The highest BCUT2D eigenvalue weighted by Crippen LogP contribution is 2.29. The summed E-state index contributed by atoms with van der Waals surface area (Å²) in [7, 11) is 0. The van der Waals surface area contributed by atoms with Crippen molar-refractivity contribution in [3.8, 4) is 0 Å². The van der Waals surface area contributed by atoms with Crippen LogP contribution < -0.4 is 5.73 Å². The maximum atomic E-state index is 5.51. The molecular formula is C8H13N3O2. The van der Waals surface area contributed by atoms with Gasteiger partial charge in [-0.3, -0.25) is 0 Å². The van der Waals surface area contributed by atoms with Crippen LogP contribution >= 0.6 is 0 Å². The lowest BCUT2D eigenvalue weighted by atomic mass is 9.82. The maximum absolute atomic E-state index is 5.51. The van der Waals surface area contributed by atoms with Gasteiger partial charge in [-0.2, -0.15) is 4.98 Å². The number of rotatable bonds is 4. The molecule has 13 heavy (non-hydrogen) atoms. The van der Waals surface area contributed by atoms with E-state index in [0.717, 1.165) is 19.4 Å². The Morgan fingerprint density at radius 1 is 1.62 bits per heavy atom. The van der Waals surface area contributed by atoms with Crippen molar-refractivity contribution in [1.82, 2.24) is 10.1 Å². The van der Waals surface area contributed by atoms with Crippen LogP contribution in [0.2, 0.25) is 0 Å². The average Bonchev–Trinajstić information content (AvgIpc) is 2.54. The summed E-state index contributed by atoms with van der Waals surface area (Å²) < 4.78 is 10.1. The molecule has 1 fully saturated rings. The zero-order chi connectivity index (χ0) is 9.10. The number of aromatic nitrogens is 2. The van der Waals surface area contributed by atoms with E-state index < -0.39 is 0 Å². The Balaban J connectivity index is 1.65. The molecule has 2 rings (SSSR count). The molecule has 0 radical (unpaired) electrons. The molecule has 1 aliphatic rings. The molecule has 1 heterocycles. The molecule has 0 spiro atoms. The minimum atomic E-state index is 0.340. The van der Waals surface area contributed by atoms with Gasteiger partial charge in [0.25, 0.3) is 0 Å². The lowest BCUT2D eigenvalue weighted by Crippen LogP contribution is -2.35. The largest absolute Gasteiger partial charge is 0.370 e. The second-order valence-electron chi connectivity index (χ2n) is 3.35. The second-order valence-corrected chi connectivity index (χ2v) is 3.35. The molecule has 0 amide bonds. The Labute approximate surface area is 76.3 Å². The van der Waals surface area contributed by atoms with Crippen LogP contribution in [-0.4, -0.2) is 22.8 Å². The predicted octanol–water partition coefficient (Wildman–Crippen LogP) is 0.323. The SMILES string of the molecule is NCC1CC(OCc2ncon2)C1. The summed E-state index contributed by atoms with van der Waals surface area (Å²) in [6.07, 6.45) is 3.78. The first-order valence-electron chi connectivity index (χ1n) is 4.45. The van der Waals surface area contributed by atoms with Crippen molar-refractivity contribution >= 4 is 0 Å². The van der Waals surface area contributed by atoms with Crippen molar-refractivity contribution in [3.63, 3.8) is 0 Å². The molecule has 5 nitrogen and oxygen atoms in total. The lowest BCUT2D eigenvalue weighted by Gasteiger charge is -2.33. The fourth-order valence-corrected chi connectivity index (χ4v) is 1.45. The van der Waals surface area contributed by atoms with Crippen molar-refractivity contribution in [3.05, 3.63) is 12.2 Å². The smallest absolute Gasteiger partial charge is 0.213 e. The summed E-state index contributed by atoms with van der Waals surface area (Å²) in [6.45, 7) is 1.21. The van der Waals surface area contributed by atoms with Crippen LogP contribution in [0.15, 0.2) is 10.9 Å². The molecule has 1 aromatic rings. The highest BCUT2D eigenvalue weighted by molar-refractivity contribution is 4.82.